The Kier molecular flexibility index (Phi) is 3.29. The summed E-state index contributed by atoms with van der Waals surface area (Å²) in [6, 6.07) is 16.1. The van der Waals surface area contributed by atoms with Crippen LogP contribution in [0.1, 0.15) is 5.56 Å². The molecule has 1 aromatic heterocycles. The minimum Gasteiger partial charge on any atom is -0.247 e. The number of aryl methyl sites for hydroxylation is 1. The average Bonchev–Trinajstić information content (AvgIpc) is 2.41. The van der Waals surface area contributed by atoms with Gasteiger partial charge in [0, 0.05) is 20.4 Å². The van der Waals surface area contributed by atoms with Crippen LogP contribution in [0, 0.1) is 6.92 Å². The van der Waals surface area contributed by atoms with Gasteiger partial charge in [0.05, 0.1) is 11.2 Å². The molecule has 3 aromatic rings. The molecule has 1 heterocycles. The van der Waals surface area contributed by atoms with E-state index in [-0.39, 0.29) is 0 Å². The van der Waals surface area contributed by atoms with Crippen molar-refractivity contribution in [2.24, 2.45) is 0 Å². The van der Waals surface area contributed by atoms with Gasteiger partial charge in [-0.25, -0.2) is 4.98 Å². The molecule has 0 fully saturated rings. The topological polar surface area (TPSA) is 12.9 Å². The van der Waals surface area contributed by atoms with E-state index in [0.29, 0.717) is 0 Å². The second-order valence-electron chi connectivity index (χ2n) is 4.47. The highest BCUT2D eigenvalue weighted by Crippen LogP contribution is 2.31. The number of rotatable bonds is 1. The SMILES string of the molecule is Cc1cc(Cl)cc2c(Br)cc(-c3ccccc3)nc12. The van der Waals surface area contributed by atoms with Crippen molar-refractivity contribution in [3.8, 4) is 11.3 Å². The van der Waals surface area contributed by atoms with Crippen LogP contribution in [-0.2, 0) is 0 Å². The number of nitrogens with zero attached hydrogens (tertiary/aromatic N) is 1. The number of aromatic nitrogens is 1. The second kappa shape index (κ2) is 4.95. The number of fused-ring (bicyclic) bond motifs is 1. The molecule has 0 unspecified atom stereocenters. The van der Waals surface area contributed by atoms with Crippen molar-refractivity contribution < 1.29 is 0 Å². The van der Waals surface area contributed by atoms with Gasteiger partial charge in [-0.2, -0.15) is 0 Å². The van der Waals surface area contributed by atoms with Gasteiger partial charge in [-0.1, -0.05) is 57.9 Å². The summed E-state index contributed by atoms with van der Waals surface area (Å²) < 4.78 is 1.02. The number of halogens is 2. The van der Waals surface area contributed by atoms with E-state index in [4.69, 9.17) is 16.6 Å². The zero-order valence-corrected chi connectivity index (χ0v) is 12.7. The molecule has 94 valence electrons. The third-order valence-corrected chi connectivity index (χ3v) is 3.96. The molecule has 3 rings (SSSR count). The fraction of sp³-hybridized carbons (Fsp3) is 0.0625. The minimum atomic E-state index is 0.736. The van der Waals surface area contributed by atoms with Crippen LogP contribution in [0.2, 0.25) is 5.02 Å². The van der Waals surface area contributed by atoms with E-state index < -0.39 is 0 Å². The van der Waals surface area contributed by atoms with Crippen LogP contribution < -0.4 is 0 Å². The highest BCUT2D eigenvalue weighted by Gasteiger charge is 2.08. The molecule has 0 aliphatic carbocycles. The molecule has 1 nitrogen and oxygen atoms in total. The Labute approximate surface area is 125 Å². The first-order chi connectivity index (χ1) is 9.15. The van der Waals surface area contributed by atoms with Gasteiger partial charge in [0.1, 0.15) is 0 Å². The van der Waals surface area contributed by atoms with Crippen molar-refractivity contribution in [2.45, 2.75) is 6.92 Å². The minimum absolute atomic E-state index is 0.736. The van der Waals surface area contributed by atoms with Crippen LogP contribution >= 0.6 is 27.5 Å². The van der Waals surface area contributed by atoms with Crippen LogP contribution in [0.4, 0.5) is 0 Å². The van der Waals surface area contributed by atoms with Gasteiger partial charge in [-0.3, -0.25) is 0 Å². The average molecular weight is 333 g/mol. The predicted octanol–water partition coefficient (Wildman–Crippen LogP) is 5.63. The summed E-state index contributed by atoms with van der Waals surface area (Å²) >= 11 is 9.72. The summed E-state index contributed by atoms with van der Waals surface area (Å²) in [4.78, 5) is 4.76. The Morgan fingerprint density at radius 2 is 1.79 bits per heavy atom. The Bertz CT molecular complexity index is 754. The third-order valence-electron chi connectivity index (χ3n) is 3.09. The molecule has 19 heavy (non-hydrogen) atoms. The largest absolute Gasteiger partial charge is 0.247 e. The predicted molar refractivity (Wildman–Crippen MR) is 84.6 cm³/mol. The van der Waals surface area contributed by atoms with E-state index in [1.807, 2.05) is 43.3 Å². The smallest absolute Gasteiger partial charge is 0.0751 e. The molecule has 0 spiro atoms. The summed E-state index contributed by atoms with van der Waals surface area (Å²) in [5.74, 6) is 0. The molecule has 0 aliphatic heterocycles. The molecule has 3 heteroatoms. The van der Waals surface area contributed by atoms with E-state index in [9.17, 15) is 0 Å². The molecule has 0 atom stereocenters. The van der Waals surface area contributed by atoms with Gasteiger partial charge in [0.2, 0.25) is 0 Å². The molecule has 0 amide bonds. The lowest BCUT2D eigenvalue weighted by atomic mass is 10.1. The van der Waals surface area contributed by atoms with Gasteiger partial charge in [0.25, 0.3) is 0 Å². The van der Waals surface area contributed by atoms with Crippen molar-refractivity contribution in [3.05, 3.63) is 63.6 Å². The molecular weight excluding hydrogens is 322 g/mol. The number of benzene rings is 2. The molecular formula is C16H11BrClN. The standard InChI is InChI=1S/C16H11BrClN/c1-10-7-12(18)8-13-14(17)9-15(19-16(10)13)11-5-3-2-4-6-11/h2-9H,1H3. The van der Waals surface area contributed by atoms with Crippen LogP contribution in [-0.4, -0.2) is 4.98 Å². The fourth-order valence-electron chi connectivity index (χ4n) is 2.17. The highest BCUT2D eigenvalue weighted by atomic mass is 79.9. The fourth-order valence-corrected chi connectivity index (χ4v) is 2.97. The van der Waals surface area contributed by atoms with E-state index in [1.54, 1.807) is 0 Å². The van der Waals surface area contributed by atoms with Crippen molar-refractivity contribution in [1.82, 2.24) is 4.98 Å². The molecule has 0 aliphatic rings. The lowest BCUT2D eigenvalue weighted by Crippen LogP contribution is -1.89. The molecule has 0 saturated carbocycles. The summed E-state index contributed by atoms with van der Waals surface area (Å²) in [6.45, 7) is 2.03. The first-order valence-electron chi connectivity index (χ1n) is 5.97. The summed E-state index contributed by atoms with van der Waals surface area (Å²) in [5, 5.41) is 1.78. The quantitative estimate of drug-likeness (QED) is 0.563. The lowest BCUT2D eigenvalue weighted by molar-refractivity contribution is 1.35. The molecule has 0 radical (unpaired) electrons. The van der Waals surface area contributed by atoms with Gasteiger partial charge >= 0.3 is 0 Å². The van der Waals surface area contributed by atoms with Gasteiger partial charge in [0.15, 0.2) is 0 Å². The van der Waals surface area contributed by atoms with Gasteiger partial charge in [-0.05, 0) is 30.7 Å². The summed E-state index contributed by atoms with van der Waals surface area (Å²) in [6.07, 6.45) is 0. The first kappa shape index (κ1) is 12.6. The zero-order valence-electron chi connectivity index (χ0n) is 10.3. The van der Waals surface area contributed by atoms with Crippen molar-refractivity contribution in [1.29, 1.82) is 0 Å². The van der Waals surface area contributed by atoms with Gasteiger partial charge in [-0.15, -0.1) is 0 Å². The number of hydrogen-bond donors (Lipinski definition) is 0. The Morgan fingerprint density at radius 3 is 2.53 bits per heavy atom. The summed E-state index contributed by atoms with van der Waals surface area (Å²) in [5.41, 5.74) is 4.14. The van der Waals surface area contributed by atoms with Crippen LogP contribution in [0.15, 0.2) is 53.0 Å². The van der Waals surface area contributed by atoms with Crippen molar-refractivity contribution in [2.75, 3.05) is 0 Å². The van der Waals surface area contributed by atoms with Crippen molar-refractivity contribution >= 4 is 38.4 Å². The van der Waals surface area contributed by atoms with Crippen LogP contribution in [0.5, 0.6) is 0 Å². The lowest BCUT2D eigenvalue weighted by Gasteiger charge is -2.08. The number of hydrogen-bond acceptors (Lipinski definition) is 1. The van der Waals surface area contributed by atoms with E-state index in [2.05, 4.69) is 28.1 Å². The van der Waals surface area contributed by atoms with Crippen molar-refractivity contribution in [3.63, 3.8) is 0 Å². The first-order valence-corrected chi connectivity index (χ1v) is 7.14. The zero-order chi connectivity index (χ0) is 13.4. The number of pyridine rings is 1. The monoisotopic (exact) mass is 331 g/mol. The Balaban J connectivity index is 2.31. The molecule has 0 bridgehead atoms. The highest BCUT2D eigenvalue weighted by molar-refractivity contribution is 9.10. The molecule has 0 saturated heterocycles. The van der Waals surface area contributed by atoms with Crippen LogP contribution in [0.25, 0.3) is 22.2 Å². The third kappa shape index (κ3) is 2.38. The maximum absolute atomic E-state index is 6.10. The Hall–Kier alpha value is -1.38. The normalized spacial score (nSPS) is 10.9. The summed E-state index contributed by atoms with van der Waals surface area (Å²) in [7, 11) is 0. The van der Waals surface area contributed by atoms with Crippen LogP contribution in [0.3, 0.4) is 0 Å². The van der Waals surface area contributed by atoms with Gasteiger partial charge < -0.3 is 0 Å². The molecule has 2 aromatic carbocycles. The van der Waals surface area contributed by atoms with E-state index in [1.165, 1.54) is 0 Å². The maximum atomic E-state index is 6.10. The maximum Gasteiger partial charge on any atom is 0.0751 e. The van der Waals surface area contributed by atoms with E-state index >= 15 is 0 Å². The molecule has 0 N–H and O–H groups in total. The Morgan fingerprint density at radius 1 is 1.05 bits per heavy atom. The second-order valence-corrected chi connectivity index (χ2v) is 5.76. The van der Waals surface area contributed by atoms with E-state index in [0.717, 1.165) is 37.2 Å².